The first-order chi connectivity index (χ1) is 6.45. The number of ether oxygens (including phenoxy) is 1. The molecule has 2 rings (SSSR count). The molecule has 2 unspecified atom stereocenters. The van der Waals surface area contributed by atoms with Gasteiger partial charge in [-0.1, -0.05) is 0 Å². The molecular formula is C10H19NOS. The maximum Gasteiger partial charge on any atom is 0.0506 e. The van der Waals surface area contributed by atoms with Crippen molar-refractivity contribution in [2.75, 3.05) is 31.3 Å². The van der Waals surface area contributed by atoms with Crippen molar-refractivity contribution in [2.45, 2.75) is 25.3 Å². The summed E-state index contributed by atoms with van der Waals surface area (Å²) in [5.41, 5.74) is 0. The number of nitrogens with one attached hydrogen (secondary N) is 1. The van der Waals surface area contributed by atoms with Gasteiger partial charge in [0.05, 0.1) is 6.61 Å². The fraction of sp³-hybridized carbons (Fsp3) is 1.00. The first-order valence-electron chi connectivity index (χ1n) is 5.34. The Kier molecular flexibility index (Phi) is 3.94. The van der Waals surface area contributed by atoms with Crippen molar-refractivity contribution >= 4 is 11.8 Å². The molecule has 2 fully saturated rings. The molecular weight excluding hydrogens is 182 g/mol. The van der Waals surface area contributed by atoms with E-state index in [1.165, 1.54) is 37.3 Å². The van der Waals surface area contributed by atoms with Crippen LogP contribution in [0.4, 0.5) is 0 Å². The Bertz CT molecular complexity index is 142. The zero-order chi connectivity index (χ0) is 8.93. The summed E-state index contributed by atoms with van der Waals surface area (Å²) < 4.78 is 5.45. The molecule has 76 valence electrons. The highest BCUT2D eigenvalue weighted by atomic mass is 32.2. The SMILES string of the molecule is C1COCC(CNC2CCSC2)C1. The fourth-order valence-corrected chi connectivity index (χ4v) is 3.18. The normalized spacial score (nSPS) is 35.1. The minimum atomic E-state index is 0.777. The number of thioether (sulfide) groups is 1. The predicted molar refractivity (Wildman–Crippen MR) is 57.3 cm³/mol. The molecule has 13 heavy (non-hydrogen) atoms. The highest BCUT2D eigenvalue weighted by molar-refractivity contribution is 7.99. The van der Waals surface area contributed by atoms with Gasteiger partial charge < -0.3 is 10.1 Å². The van der Waals surface area contributed by atoms with Crippen molar-refractivity contribution in [2.24, 2.45) is 5.92 Å². The average Bonchev–Trinajstić information content (AvgIpc) is 2.69. The van der Waals surface area contributed by atoms with Gasteiger partial charge in [-0.2, -0.15) is 11.8 Å². The van der Waals surface area contributed by atoms with E-state index in [0.717, 1.165) is 25.2 Å². The Morgan fingerprint density at radius 1 is 1.38 bits per heavy atom. The van der Waals surface area contributed by atoms with E-state index in [4.69, 9.17) is 4.74 Å². The second-order valence-electron chi connectivity index (χ2n) is 4.05. The number of hydrogen-bond donors (Lipinski definition) is 1. The molecule has 2 aliphatic heterocycles. The lowest BCUT2D eigenvalue weighted by atomic mass is 10.0. The van der Waals surface area contributed by atoms with Crippen LogP contribution in [0.25, 0.3) is 0 Å². The summed E-state index contributed by atoms with van der Waals surface area (Å²) in [6.45, 7) is 3.13. The third-order valence-electron chi connectivity index (χ3n) is 2.88. The van der Waals surface area contributed by atoms with E-state index in [0.29, 0.717) is 0 Å². The van der Waals surface area contributed by atoms with Crippen LogP contribution in [0.15, 0.2) is 0 Å². The van der Waals surface area contributed by atoms with Crippen LogP contribution in [0.1, 0.15) is 19.3 Å². The molecule has 2 atom stereocenters. The second kappa shape index (κ2) is 5.23. The highest BCUT2D eigenvalue weighted by Gasteiger charge is 2.18. The summed E-state index contributed by atoms with van der Waals surface area (Å²) >= 11 is 2.08. The fourth-order valence-electron chi connectivity index (χ4n) is 2.00. The Hall–Kier alpha value is 0.270. The lowest BCUT2D eigenvalue weighted by Crippen LogP contribution is -2.36. The standard InChI is InChI=1S/C10H19NOS/c1-2-9(7-12-4-1)6-11-10-3-5-13-8-10/h9-11H,1-8H2. The molecule has 0 saturated carbocycles. The second-order valence-corrected chi connectivity index (χ2v) is 5.20. The lowest BCUT2D eigenvalue weighted by molar-refractivity contribution is 0.0541. The first-order valence-corrected chi connectivity index (χ1v) is 6.49. The summed E-state index contributed by atoms with van der Waals surface area (Å²) in [4.78, 5) is 0. The minimum absolute atomic E-state index is 0.777. The van der Waals surface area contributed by atoms with Gasteiger partial charge in [0.1, 0.15) is 0 Å². The van der Waals surface area contributed by atoms with E-state index < -0.39 is 0 Å². The minimum Gasteiger partial charge on any atom is -0.381 e. The monoisotopic (exact) mass is 201 g/mol. The van der Waals surface area contributed by atoms with Crippen LogP contribution >= 0.6 is 11.8 Å². The molecule has 0 amide bonds. The molecule has 2 aliphatic rings. The Morgan fingerprint density at radius 3 is 3.08 bits per heavy atom. The van der Waals surface area contributed by atoms with Crippen molar-refractivity contribution in [1.29, 1.82) is 0 Å². The molecule has 0 aromatic heterocycles. The van der Waals surface area contributed by atoms with Gasteiger partial charge in [0.15, 0.2) is 0 Å². The van der Waals surface area contributed by atoms with E-state index in [-0.39, 0.29) is 0 Å². The molecule has 2 heterocycles. The summed E-state index contributed by atoms with van der Waals surface area (Å²) in [6.07, 6.45) is 3.97. The zero-order valence-electron chi connectivity index (χ0n) is 8.13. The quantitative estimate of drug-likeness (QED) is 0.748. The van der Waals surface area contributed by atoms with E-state index in [9.17, 15) is 0 Å². The number of hydrogen-bond acceptors (Lipinski definition) is 3. The van der Waals surface area contributed by atoms with Crippen molar-refractivity contribution in [1.82, 2.24) is 5.32 Å². The summed E-state index contributed by atoms with van der Waals surface area (Å²) in [6, 6.07) is 0.784. The molecule has 2 saturated heterocycles. The third-order valence-corrected chi connectivity index (χ3v) is 4.04. The zero-order valence-corrected chi connectivity index (χ0v) is 8.94. The predicted octanol–water partition coefficient (Wildman–Crippen LogP) is 1.51. The van der Waals surface area contributed by atoms with Gasteiger partial charge in [0.25, 0.3) is 0 Å². The van der Waals surface area contributed by atoms with Gasteiger partial charge in [0.2, 0.25) is 0 Å². The van der Waals surface area contributed by atoms with E-state index >= 15 is 0 Å². The van der Waals surface area contributed by atoms with Gasteiger partial charge in [-0.3, -0.25) is 0 Å². The van der Waals surface area contributed by atoms with Crippen molar-refractivity contribution in [3.05, 3.63) is 0 Å². The average molecular weight is 201 g/mol. The number of rotatable bonds is 3. The smallest absolute Gasteiger partial charge is 0.0506 e. The van der Waals surface area contributed by atoms with Crippen molar-refractivity contribution in [3.8, 4) is 0 Å². The van der Waals surface area contributed by atoms with Crippen LogP contribution in [-0.4, -0.2) is 37.3 Å². The summed E-state index contributed by atoms with van der Waals surface area (Å²) in [5.74, 6) is 3.44. The topological polar surface area (TPSA) is 21.3 Å². The van der Waals surface area contributed by atoms with Crippen molar-refractivity contribution in [3.63, 3.8) is 0 Å². The van der Waals surface area contributed by atoms with Crippen LogP contribution in [0.5, 0.6) is 0 Å². The summed E-state index contributed by atoms with van der Waals surface area (Å²) in [5, 5.41) is 3.65. The molecule has 2 nitrogen and oxygen atoms in total. The van der Waals surface area contributed by atoms with Crippen LogP contribution < -0.4 is 5.32 Å². The Labute approximate surface area is 84.8 Å². The molecule has 3 heteroatoms. The van der Waals surface area contributed by atoms with Gasteiger partial charge in [-0.25, -0.2) is 0 Å². The largest absolute Gasteiger partial charge is 0.381 e. The Balaban J connectivity index is 1.60. The van der Waals surface area contributed by atoms with Gasteiger partial charge in [-0.05, 0) is 30.9 Å². The van der Waals surface area contributed by atoms with Crippen molar-refractivity contribution < 1.29 is 4.74 Å². The van der Waals surface area contributed by atoms with Crippen LogP contribution in [0.3, 0.4) is 0 Å². The van der Waals surface area contributed by atoms with Gasteiger partial charge in [-0.15, -0.1) is 0 Å². The van der Waals surface area contributed by atoms with E-state index in [1.807, 2.05) is 0 Å². The lowest BCUT2D eigenvalue weighted by Gasteiger charge is -2.23. The van der Waals surface area contributed by atoms with E-state index in [1.54, 1.807) is 0 Å². The van der Waals surface area contributed by atoms with Crippen LogP contribution in [0.2, 0.25) is 0 Å². The molecule has 0 spiro atoms. The van der Waals surface area contributed by atoms with Gasteiger partial charge >= 0.3 is 0 Å². The first kappa shape index (κ1) is 9.81. The Morgan fingerprint density at radius 2 is 2.38 bits per heavy atom. The molecule has 0 aliphatic carbocycles. The maximum absolute atomic E-state index is 5.45. The molecule has 1 N–H and O–H groups in total. The van der Waals surface area contributed by atoms with E-state index in [2.05, 4.69) is 17.1 Å². The molecule has 0 aromatic carbocycles. The molecule has 0 bridgehead atoms. The third kappa shape index (κ3) is 3.15. The van der Waals surface area contributed by atoms with Crippen LogP contribution in [-0.2, 0) is 4.74 Å². The molecule has 0 aromatic rings. The highest BCUT2D eigenvalue weighted by Crippen LogP contribution is 2.18. The summed E-state index contributed by atoms with van der Waals surface area (Å²) in [7, 11) is 0. The molecule has 0 radical (unpaired) electrons. The van der Waals surface area contributed by atoms with Gasteiger partial charge in [0, 0.05) is 24.9 Å². The maximum atomic E-state index is 5.45. The van der Waals surface area contributed by atoms with Crippen LogP contribution in [0, 0.1) is 5.92 Å².